The number of benzene rings is 3. The zero-order valence-electron chi connectivity index (χ0n) is 14.9. The molecule has 0 aliphatic heterocycles. The maximum atomic E-state index is 4.95. The van der Waals surface area contributed by atoms with Crippen LogP contribution in [0, 0.1) is 6.92 Å². The molecule has 0 amide bonds. The fourth-order valence-electron chi connectivity index (χ4n) is 2.79. The maximum absolute atomic E-state index is 4.95. The first kappa shape index (κ1) is 17.1. The van der Waals surface area contributed by atoms with E-state index >= 15 is 0 Å². The molecule has 0 bridgehead atoms. The van der Waals surface area contributed by atoms with Crippen LogP contribution in [0.15, 0.2) is 96.0 Å². The van der Waals surface area contributed by atoms with Gasteiger partial charge in [-0.2, -0.15) is 4.57 Å². The number of aromatic nitrogens is 2. The Balaban J connectivity index is 1.80. The highest BCUT2D eigenvalue weighted by Gasteiger charge is 2.21. The number of nitrogens with zero attached hydrogens (tertiary/aromatic N) is 3. The average Bonchev–Trinajstić information content (AvgIpc) is 3.09. The van der Waals surface area contributed by atoms with Crippen molar-refractivity contribution in [2.24, 2.45) is 4.99 Å². The van der Waals surface area contributed by atoms with E-state index in [4.69, 9.17) is 4.99 Å². The summed E-state index contributed by atoms with van der Waals surface area (Å²) in [6.07, 6.45) is 0. The van der Waals surface area contributed by atoms with Gasteiger partial charge in [-0.25, -0.2) is 0 Å². The summed E-state index contributed by atoms with van der Waals surface area (Å²) >= 11 is 1.39. The van der Waals surface area contributed by atoms with E-state index in [0.29, 0.717) is 0 Å². The smallest absolute Gasteiger partial charge is 0.326 e. The number of anilines is 1. The highest BCUT2D eigenvalue weighted by atomic mass is 32.1. The number of hydrogen-bond donors (Lipinski definition) is 1. The molecular formula is C22H19N4S+. The molecule has 132 valence electrons. The fraction of sp³-hybridized carbons (Fsp3) is 0.0455. The van der Waals surface area contributed by atoms with Crippen LogP contribution in [0.2, 0.25) is 0 Å². The van der Waals surface area contributed by atoms with E-state index in [2.05, 4.69) is 38.5 Å². The molecule has 0 fully saturated rings. The number of aliphatic imine (C=N–C) groups is 1. The molecule has 1 N–H and O–H groups in total. The van der Waals surface area contributed by atoms with E-state index in [1.807, 2.05) is 73.7 Å². The summed E-state index contributed by atoms with van der Waals surface area (Å²) in [6.45, 7) is 2.00. The lowest BCUT2D eigenvalue weighted by Crippen LogP contribution is -2.32. The normalized spacial score (nSPS) is 11.4. The molecule has 0 unspecified atom stereocenters. The van der Waals surface area contributed by atoms with Crippen molar-refractivity contribution in [1.29, 1.82) is 0 Å². The molecule has 0 radical (unpaired) electrons. The molecule has 4 nitrogen and oxygen atoms in total. The van der Waals surface area contributed by atoms with Gasteiger partial charge in [0.15, 0.2) is 0 Å². The second kappa shape index (κ2) is 7.93. The Hall–Kier alpha value is -3.31. The summed E-state index contributed by atoms with van der Waals surface area (Å²) in [6, 6.07) is 30.4. The Morgan fingerprint density at radius 3 is 2.11 bits per heavy atom. The van der Waals surface area contributed by atoms with Crippen LogP contribution in [0.5, 0.6) is 0 Å². The second-order valence-corrected chi connectivity index (χ2v) is 6.73. The first-order valence-corrected chi connectivity index (χ1v) is 9.48. The summed E-state index contributed by atoms with van der Waals surface area (Å²) in [4.78, 5) is 4.95. The van der Waals surface area contributed by atoms with Crippen molar-refractivity contribution in [3.05, 3.63) is 102 Å². The number of rotatable bonds is 4. The lowest BCUT2D eigenvalue weighted by atomic mass is 10.2. The van der Waals surface area contributed by atoms with Crippen LogP contribution >= 0.6 is 11.5 Å². The summed E-state index contributed by atoms with van der Waals surface area (Å²) in [7, 11) is 0. The molecule has 0 atom stereocenters. The SMILES string of the molecule is Cc1nsc(N=C(Nc2ccccc2)c2ccccc2)[n+]1-c1ccccc1. The van der Waals surface area contributed by atoms with Crippen molar-refractivity contribution in [1.82, 2.24) is 4.37 Å². The quantitative estimate of drug-likeness (QED) is 0.314. The zero-order chi connectivity index (χ0) is 18.5. The van der Waals surface area contributed by atoms with E-state index in [1.165, 1.54) is 11.5 Å². The average molecular weight is 371 g/mol. The maximum Gasteiger partial charge on any atom is 0.361 e. The summed E-state index contributed by atoms with van der Waals surface area (Å²) in [5.74, 6) is 1.70. The third kappa shape index (κ3) is 3.93. The molecule has 27 heavy (non-hydrogen) atoms. The monoisotopic (exact) mass is 371 g/mol. The molecule has 4 aromatic rings. The Morgan fingerprint density at radius 2 is 1.44 bits per heavy atom. The molecule has 1 aromatic heterocycles. The molecule has 0 saturated carbocycles. The Kier molecular flexibility index (Phi) is 5.03. The van der Waals surface area contributed by atoms with Crippen LogP contribution in [-0.2, 0) is 0 Å². The number of nitrogens with one attached hydrogen (secondary N) is 1. The predicted octanol–water partition coefficient (Wildman–Crippen LogP) is 4.92. The number of para-hydroxylation sites is 2. The Morgan fingerprint density at radius 1 is 0.852 bits per heavy atom. The number of aryl methyl sites for hydroxylation is 1. The lowest BCUT2D eigenvalue weighted by molar-refractivity contribution is -0.586. The van der Waals surface area contributed by atoms with Crippen molar-refractivity contribution < 1.29 is 4.57 Å². The topological polar surface area (TPSA) is 41.2 Å². The van der Waals surface area contributed by atoms with Gasteiger partial charge in [0.25, 0.3) is 5.82 Å². The second-order valence-electron chi connectivity index (χ2n) is 6.00. The first-order valence-electron chi connectivity index (χ1n) is 8.71. The van der Waals surface area contributed by atoms with E-state index in [1.54, 1.807) is 0 Å². The van der Waals surface area contributed by atoms with Crippen LogP contribution in [0.3, 0.4) is 0 Å². The van der Waals surface area contributed by atoms with Gasteiger partial charge in [-0.3, -0.25) is 0 Å². The minimum absolute atomic E-state index is 0.787. The van der Waals surface area contributed by atoms with Gasteiger partial charge in [-0.1, -0.05) is 59.6 Å². The third-order valence-electron chi connectivity index (χ3n) is 4.08. The van der Waals surface area contributed by atoms with E-state index in [9.17, 15) is 0 Å². The highest BCUT2D eigenvalue weighted by Crippen LogP contribution is 2.19. The molecule has 5 heteroatoms. The first-order chi connectivity index (χ1) is 13.3. The molecule has 0 aliphatic rings. The number of amidine groups is 1. The fourth-order valence-corrected chi connectivity index (χ4v) is 3.53. The highest BCUT2D eigenvalue weighted by molar-refractivity contribution is 7.09. The van der Waals surface area contributed by atoms with Crippen molar-refractivity contribution in [2.75, 3.05) is 5.32 Å². The van der Waals surface area contributed by atoms with Crippen LogP contribution in [-0.4, -0.2) is 10.2 Å². The molecule has 3 aromatic carbocycles. The Labute approximate surface area is 162 Å². The van der Waals surface area contributed by atoms with Gasteiger partial charge >= 0.3 is 5.13 Å². The number of hydrogen-bond acceptors (Lipinski definition) is 3. The predicted molar refractivity (Wildman–Crippen MR) is 111 cm³/mol. The third-order valence-corrected chi connectivity index (χ3v) is 4.87. The van der Waals surface area contributed by atoms with Crippen LogP contribution in [0.25, 0.3) is 5.69 Å². The largest absolute Gasteiger partial charge is 0.361 e. The van der Waals surface area contributed by atoms with Crippen molar-refractivity contribution in [3.8, 4) is 5.69 Å². The van der Waals surface area contributed by atoms with E-state index < -0.39 is 0 Å². The Bertz CT molecular complexity index is 1040. The standard InChI is InChI=1S/C22H18N4S/c1-17-25-27-22(26(17)20-15-9-4-10-16-20)24-21(18-11-5-2-6-12-18)23-19-13-7-3-8-14-19/h2-16H,1H3/p+1. The van der Waals surface area contributed by atoms with Gasteiger partial charge in [-0.15, -0.1) is 0 Å². The van der Waals surface area contributed by atoms with Gasteiger partial charge in [-0.05, 0) is 40.8 Å². The van der Waals surface area contributed by atoms with Crippen LogP contribution < -0.4 is 9.88 Å². The minimum atomic E-state index is 0.787. The summed E-state index contributed by atoms with van der Waals surface area (Å²) in [5.41, 5.74) is 3.06. The van der Waals surface area contributed by atoms with E-state index in [0.717, 1.165) is 33.7 Å². The van der Waals surface area contributed by atoms with Crippen molar-refractivity contribution >= 4 is 28.2 Å². The van der Waals surface area contributed by atoms with Crippen molar-refractivity contribution in [2.45, 2.75) is 6.92 Å². The molecule has 1 heterocycles. The summed E-state index contributed by atoms with van der Waals surface area (Å²) < 4.78 is 6.59. The zero-order valence-corrected chi connectivity index (χ0v) is 15.7. The van der Waals surface area contributed by atoms with Gasteiger partial charge in [0.1, 0.15) is 17.2 Å². The van der Waals surface area contributed by atoms with Gasteiger partial charge < -0.3 is 5.32 Å². The molecule has 0 saturated heterocycles. The van der Waals surface area contributed by atoms with Crippen LogP contribution in [0.4, 0.5) is 10.8 Å². The summed E-state index contributed by atoms with van der Waals surface area (Å²) in [5, 5.41) is 4.27. The molecule has 0 spiro atoms. The molecule has 4 rings (SSSR count). The minimum Gasteiger partial charge on any atom is -0.326 e. The van der Waals surface area contributed by atoms with Gasteiger partial charge in [0, 0.05) is 18.2 Å². The molecular weight excluding hydrogens is 352 g/mol. The lowest BCUT2D eigenvalue weighted by Gasteiger charge is -2.07. The molecule has 0 aliphatic carbocycles. The van der Waals surface area contributed by atoms with Gasteiger partial charge in [0.05, 0.1) is 0 Å². The van der Waals surface area contributed by atoms with E-state index in [-0.39, 0.29) is 0 Å². The van der Waals surface area contributed by atoms with Crippen molar-refractivity contribution in [3.63, 3.8) is 0 Å². The van der Waals surface area contributed by atoms with Crippen LogP contribution in [0.1, 0.15) is 11.4 Å². The van der Waals surface area contributed by atoms with Gasteiger partial charge in [0.2, 0.25) is 5.84 Å².